The van der Waals surface area contributed by atoms with E-state index in [0.717, 1.165) is 37.4 Å². The third kappa shape index (κ3) is 3.30. The van der Waals surface area contributed by atoms with Crippen molar-refractivity contribution in [3.63, 3.8) is 0 Å². The number of thioether (sulfide) groups is 1. The van der Waals surface area contributed by atoms with Crippen LogP contribution in [0.5, 0.6) is 0 Å². The Hall–Kier alpha value is -2.81. The first kappa shape index (κ1) is 17.6. The van der Waals surface area contributed by atoms with Crippen LogP contribution in [0.4, 0.5) is 11.4 Å². The zero-order valence-corrected chi connectivity index (χ0v) is 15.4. The van der Waals surface area contributed by atoms with Gasteiger partial charge in [-0.15, -0.1) is 0 Å². The predicted molar refractivity (Wildman–Crippen MR) is 104 cm³/mol. The van der Waals surface area contributed by atoms with Crippen molar-refractivity contribution in [2.24, 2.45) is 5.73 Å². The van der Waals surface area contributed by atoms with Crippen molar-refractivity contribution in [2.45, 2.75) is 24.5 Å². The number of hydrogen-bond donors (Lipinski definition) is 2. The van der Waals surface area contributed by atoms with E-state index < -0.39 is 11.8 Å². The average molecular weight is 385 g/mol. The normalized spacial score (nSPS) is 15.6. The molecule has 0 saturated carbocycles. The van der Waals surface area contributed by atoms with Gasteiger partial charge in [0.2, 0.25) is 5.91 Å². The summed E-state index contributed by atoms with van der Waals surface area (Å²) in [6.07, 6.45) is 3.45. The molecule has 0 atom stereocenters. The molecule has 0 aliphatic carbocycles. The summed E-state index contributed by atoms with van der Waals surface area (Å²) < 4.78 is 1.51. The molecule has 2 aromatic rings. The highest BCUT2D eigenvalue weighted by atomic mass is 32.2. The second-order valence-corrected chi connectivity index (χ2v) is 7.57. The molecule has 2 amide bonds. The average Bonchev–Trinajstić information content (AvgIpc) is 3.34. The molecular weight excluding hydrogens is 366 g/mol. The van der Waals surface area contributed by atoms with Crippen LogP contribution < -0.4 is 21.5 Å². The second-order valence-electron chi connectivity index (χ2n) is 6.50. The monoisotopic (exact) mass is 385 g/mol. The minimum atomic E-state index is -0.574. The van der Waals surface area contributed by atoms with Gasteiger partial charge in [0.25, 0.3) is 11.5 Å². The van der Waals surface area contributed by atoms with E-state index in [1.54, 1.807) is 18.2 Å². The van der Waals surface area contributed by atoms with Crippen LogP contribution in [-0.4, -0.2) is 40.2 Å². The second kappa shape index (κ2) is 7.07. The van der Waals surface area contributed by atoms with Crippen LogP contribution in [0.3, 0.4) is 0 Å². The van der Waals surface area contributed by atoms with Gasteiger partial charge in [0.05, 0.1) is 11.4 Å². The van der Waals surface area contributed by atoms with Crippen LogP contribution in [0.2, 0.25) is 0 Å². The number of fused-ring (bicyclic) bond motifs is 1. The summed E-state index contributed by atoms with van der Waals surface area (Å²) in [7, 11) is 0. The van der Waals surface area contributed by atoms with E-state index in [1.165, 1.54) is 22.5 Å². The summed E-state index contributed by atoms with van der Waals surface area (Å²) >= 11 is 1.49. The van der Waals surface area contributed by atoms with Gasteiger partial charge in [0.1, 0.15) is 5.56 Å². The molecule has 0 spiro atoms. The lowest BCUT2D eigenvalue weighted by Crippen LogP contribution is -2.30. The third-order valence-electron chi connectivity index (χ3n) is 4.78. The molecule has 2 aliphatic rings. The van der Waals surface area contributed by atoms with Gasteiger partial charge < -0.3 is 16.0 Å². The Morgan fingerprint density at radius 2 is 1.96 bits per heavy atom. The van der Waals surface area contributed by atoms with Crippen molar-refractivity contribution in [3.05, 3.63) is 45.9 Å². The summed E-state index contributed by atoms with van der Waals surface area (Å²) in [4.78, 5) is 43.3. The Kier molecular flexibility index (Phi) is 4.61. The number of benzene rings is 1. The van der Waals surface area contributed by atoms with Crippen molar-refractivity contribution in [2.75, 3.05) is 29.1 Å². The van der Waals surface area contributed by atoms with Gasteiger partial charge in [-0.05, 0) is 31.0 Å². The lowest BCUT2D eigenvalue weighted by Gasteiger charge is -2.22. The number of nitrogens with one attached hydrogen (secondary N) is 1. The first-order chi connectivity index (χ1) is 13.0. The molecule has 1 saturated heterocycles. The molecule has 8 nitrogen and oxygen atoms in total. The maximum atomic E-state index is 12.8. The Morgan fingerprint density at radius 3 is 2.70 bits per heavy atom. The molecule has 4 rings (SSSR count). The number of anilines is 2. The zero-order valence-electron chi connectivity index (χ0n) is 14.6. The maximum Gasteiger partial charge on any atom is 0.267 e. The molecule has 9 heteroatoms. The fraction of sp³-hybridized carbons (Fsp3) is 0.333. The van der Waals surface area contributed by atoms with E-state index in [0.29, 0.717) is 23.0 Å². The summed E-state index contributed by atoms with van der Waals surface area (Å²) in [5.74, 6) is -0.343. The number of nitrogens with two attached hydrogens (primary N) is 1. The quantitative estimate of drug-likeness (QED) is 0.768. The predicted octanol–water partition coefficient (Wildman–Crippen LogP) is 1.30. The van der Waals surface area contributed by atoms with Crippen molar-refractivity contribution in [1.29, 1.82) is 0 Å². The Bertz CT molecular complexity index is 981. The summed E-state index contributed by atoms with van der Waals surface area (Å²) in [5.41, 5.74) is 6.60. The standard InChI is InChI=1S/C18H19N5O3S/c19-15(24)11-3-4-14(22-5-1-2-6-22)13(9-11)21-16(25)12-10-20-18-23(17(12)26)7-8-27-18/h3-4,9-10H,1-2,5-8H2,(H2,19,24)(H,21,25). The van der Waals surface area contributed by atoms with Gasteiger partial charge in [-0.2, -0.15) is 0 Å². The molecule has 3 N–H and O–H groups in total. The Labute approximate surface area is 159 Å². The summed E-state index contributed by atoms with van der Waals surface area (Å²) in [6, 6.07) is 4.99. The van der Waals surface area contributed by atoms with E-state index >= 15 is 0 Å². The van der Waals surface area contributed by atoms with Crippen LogP contribution in [0.25, 0.3) is 0 Å². The third-order valence-corrected chi connectivity index (χ3v) is 5.75. The van der Waals surface area contributed by atoms with E-state index in [1.807, 2.05) is 0 Å². The Balaban J connectivity index is 1.69. The lowest BCUT2D eigenvalue weighted by atomic mass is 10.1. The molecule has 0 unspecified atom stereocenters. The van der Waals surface area contributed by atoms with Crippen LogP contribution in [0.15, 0.2) is 34.3 Å². The number of rotatable bonds is 4. The number of amides is 2. The van der Waals surface area contributed by atoms with Gasteiger partial charge in [0.15, 0.2) is 5.16 Å². The van der Waals surface area contributed by atoms with Crippen LogP contribution in [0.1, 0.15) is 33.6 Å². The summed E-state index contributed by atoms with van der Waals surface area (Å²) in [6.45, 7) is 2.29. The molecule has 27 heavy (non-hydrogen) atoms. The Morgan fingerprint density at radius 1 is 1.19 bits per heavy atom. The van der Waals surface area contributed by atoms with E-state index in [4.69, 9.17) is 5.73 Å². The number of hydrogen-bond acceptors (Lipinski definition) is 6. The highest BCUT2D eigenvalue weighted by Gasteiger charge is 2.22. The molecular formula is C18H19N5O3S. The molecule has 3 heterocycles. The number of primary amides is 1. The van der Waals surface area contributed by atoms with Crippen LogP contribution >= 0.6 is 11.8 Å². The zero-order chi connectivity index (χ0) is 19.0. The van der Waals surface area contributed by atoms with Gasteiger partial charge in [-0.1, -0.05) is 11.8 Å². The first-order valence-electron chi connectivity index (χ1n) is 8.77. The van der Waals surface area contributed by atoms with Crippen molar-refractivity contribution in [3.8, 4) is 0 Å². The van der Waals surface area contributed by atoms with Crippen molar-refractivity contribution < 1.29 is 9.59 Å². The molecule has 1 fully saturated rings. The largest absolute Gasteiger partial charge is 0.370 e. The van der Waals surface area contributed by atoms with Crippen molar-refractivity contribution in [1.82, 2.24) is 9.55 Å². The van der Waals surface area contributed by atoms with Gasteiger partial charge in [-0.25, -0.2) is 4.98 Å². The molecule has 0 radical (unpaired) electrons. The van der Waals surface area contributed by atoms with Crippen molar-refractivity contribution >= 4 is 35.0 Å². The molecule has 1 aromatic carbocycles. The minimum Gasteiger partial charge on any atom is -0.370 e. The number of nitrogens with zero attached hydrogens (tertiary/aromatic N) is 3. The molecule has 140 valence electrons. The van der Waals surface area contributed by atoms with Crippen LogP contribution in [-0.2, 0) is 6.54 Å². The summed E-state index contributed by atoms with van der Waals surface area (Å²) in [5, 5.41) is 3.41. The molecule has 2 aliphatic heterocycles. The SMILES string of the molecule is NC(=O)c1ccc(N2CCCC2)c(NC(=O)c2cnc3n(c2=O)CCS3)c1. The fourth-order valence-corrected chi connectivity index (χ4v) is 4.30. The number of carbonyl (C=O) groups is 2. The maximum absolute atomic E-state index is 12.8. The lowest BCUT2D eigenvalue weighted by molar-refractivity contribution is 0.0995. The van der Waals surface area contributed by atoms with Gasteiger partial charge >= 0.3 is 0 Å². The van der Waals surface area contributed by atoms with Crippen LogP contribution in [0, 0.1) is 0 Å². The number of aromatic nitrogens is 2. The van der Waals surface area contributed by atoms with E-state index in [9.17, 15) is 14.4 Å². The molecule has 0 bridgehead atoms. The van der Waals surface area contributed by atoms with E-state index in [-0.39, 0.29) is 11.1 Å². The fourth-order valence-electron chi connectivity index (χ4n) is 3.39. The minimum absolute atomic E-state index is 0.0156. The smallest absolute Gasteiger partial charge is 0.267 e. The van der Waals surface area contributed by atoms with Gasteiger partial charge in [0, 0.05) is 37.1 Å². The van der Waals surface area contributed by atoms with Gasteiger partial charge in [-0.3, -0.25) is 19.0 Å². The molecule has 1 aromatic heterocycles. The topological polar surface area (TPSA) is 110 Å². The van der Waals surface area contributed by atoms with E-state index in [2.05, 4.69) is 15.2 Å². The first-order valence-corrected chi connectivity index (χ1v) is 9.76. The highest BCUT2D eigenvalue weighted by molar-refractivity contribution is 7.99. The number of carbonyl (C=O) groups excluding carboxylic acids is 2. The highest BCUT2D eigenvalue weighted by Crippen LogP contribution is 2.30.